The molecule has 0 aliphatic carbocycles. The van der Waals surface area contributed by atoms with Gasteiger partial charge < -0.3 is 14.7 Å². The molecule has 0 radical (unpaired) electrons. The van der Waals surface area contributed by atoms with Crippen molar-refractivity contribution < 1.29 is 14.6 Å². The van der Waals surface area contributed by atoms with E-state index in [0.29, 0.717) is 30.3 Å². The van der Waals surface area contributed by atoms with Crippen molar-refractivity contribution in [3.8, 4) is 11.5 Å². The Morgan fingerprint density at radius 3 is 2.79 bits per heavy atom. The molecule has 0 aromatic heterocycles. The number of hydrogen-bond donors (Lipinski definition) is 1. The molecule has 1 aromatic carbocycles. The molecule has 4 heteroatoms. The van der Waals surface area contributed by atoms with Crippen LogP contribution in [0.1, 0.15) is 33.6 Å². The number of anilines is 1. The molecule has 0 spiro atoms. The molecule has 1 aliphatic rings. The van der Waals surface area contributed by atoms with E-state index in [1.807, 2.05) is 6.92 Å². The molecule has 0 saturated carbocycles. The molecule has 1 heterocycles. The summed E-state index contributed by atoms with van der Waals surface area (Å²) in [6, 6.07) is 4.91. The van der Waals surface area contributed by atoms with Crippen LogP contribution in [0.25, 0.3) is 0 Å². The van der Waals surface area contributed by atoms with Gasteiger partial charge in [-0.3, -0.25) is 4.79 Å². The number of phenolic OH excluding ortho intramolecular Hbond substituents is 1. The monoisotopic (exact) mass is 263 g/mol. The van der Waals surface area contributed by atoms with E-state index in [-0.39, 0.29) is 11.7 Å². The highest BCUT2D eigenvalue weighted by atomic mass is 16.5. The van der Waals surface area contributed by atoms with Crippen molar-refractivity contribution in [2.75, 3.05) is 11.4 Å². The van der Waals surface area contributed by atoms with Gasteiger partial charge in [0.1, 0.15) is 11.5 Å². The lowest BCUT2D eigenvalue weighted by Crippen LogP contribution is -2.46. The fraction of sp³-hybridized carbons (Fsp3) is 0.533. The van der Waals surface area contributed by atoms with Gasteiger partial charge in [0, 0.05) is 12.6 Å². The summed E-state index contributed by atoms with van der Waals surface area (Å²) in [6.45, 7) is 6.86. The normalized spacial score (nSPS) is 18.4. The van der Waals surface area contributed by atoms with Gasteiger partial charge in [0.25, 0.3) is 5.91 Å². The van der Waals surface area contributed by atoms with Gasteiger partial charge in [-0.05, 0) is 30.9 Å². The molecule has 0 fully saturated rings. The summed E-state index contributed by atoms with van der Waals surface area (Å²) in [5, 5.41) is 9.60. The van der Waals surface area contributed by atoms with Crippen LogP contribution in [0.3, 0.4) is 0 Å². The highest BCUT2D eigenvalue weighted by Crippen LogP contribution is 2.37. The Morgan fingerprint density at radius 2 is 2.16 bits per heavy atom. The molecule has 1 N–H and O–H groups in total. The molecule has 1 aromatic rings. The fourth-order valence-corrected chi connectivity index (χ4v) is 2.19. The average molecular weight is 263 g/mol. The van der Waals surface area contributed by atoms with Crippen molar-refractivity contribution in [3.63, 3.8) is 0 Å². The standard InChI is InChI=1S/C15H21NO3/c1-4-13-15(18)16(8-7-10(2)3)12-9-11(17)5-6-14(12)19-13/h5-6,9-10,13,17H,4,7-8H2,1-3H3. The van der Waals surface area contributed by atoms with Crippen molar-refractivity contribution >= 4 is 11.6 Å². The number of aromatic hydroxyl groups is 1. The van der Waals surface area contributed by atoms with Crippen LogP contribution in [0.5, 0.6) is 11.5 Å². The van der Waals surface area contributed by atoms with Crippen LogP contribution in [0.15, 0.2) is 18.2 Å². The van der Waals surface area contributed by atoms with Gasteiger partial charge in [-0.2, -0.15) is 0 Å². The van der Waals surface area contributed by atoms with Crippen LogP contribution in [0.2, 0.25) is 0 Å². The Kier molecular flexibility index (Phi) is 3.98. The number of phenols is 1. The summed E-state index contributed by atoms with van der Waals surface area (Å²) in [6.07, 6.45) is 1.17. The van der Waals surface area contributed by atoms with Gasteiger partial charge in [0.2, 0.25) is 0 Å². The van der Waals surface area contributed by atoms with Crippen LogP contribution in [0, 0.1) is 5.92 Å². The van der Waals surface area contributed by atoms with Crippen molar-refractivity contribution in [1.82, 2.24) is 0 Å². The Balaban J connectivity index is 2.32. The highest BCUT2D eigenvalue weighted by Gasteiger charge is 2.33. The second kappa shape index (κ2) is 5.51. The quantitative estimate of drug-likeness (QED) is 0.908. The summed E-state index contributed by atoms with van der Waals surface area (Å²) in [7, 11) is 0. The van der Waals surface area contributed by atoms with Crippen LogP contribution in [-0.4, -0.2) is 23.7 Å². The van der Waals surface area contributed by atoms with E-state index in [4.69, 9.17) is 4.74 Å². The third-order valence-corrected chi connectivity index (χ3v) is 3.34. The molecule has 0 bridgehead atoms. The maximum atomic E-state index is 12.4. The molecule has 1 unspecified atom stereocenters. The summed E-state index contributed by atoms with van der Waals surface area (Å²) in [5.74, 6) is 1.34. The van der Waals surface area contributed by atoms with E-state index in [0.717, 1.165) is 6.42 Å². The van der Waals surface area contributed by atoms with Gasteiger partial charge in [0.15, 0.2) is 6.10 Å². The number of carbonyl (C=O) groups excluding carboxylic acids is 1. The first kappa shape index (κ1) is 13.7. The molecule has 0 saturated heterocycles. The number of rotatable bonds is 4. The van der Waals surface area contributed by atoms with Crippen molar-refractivity contribution in [2.24, 2.45) is 5.92 Å². The topological polar surface area (TPSA) is 49.8 Å². The Morgan fingerprint density at radius 1 is 1.42 bits per heavy atom. The maximum Gasteiger partial charge on any atom is 0.268 e. The number of benzene rings is 1. The van der Waals surface area contributed by atoms with E-state index < -0.39 is 6.10 Å². The minimum atomic E-state index is -0.413. The van der Waals surface area contributed by atoms with Crippen molar-refractivity contribution in [1.29, 1.82) is 0 Å². The van der Waals surface area contributed by atoms with Gasteiger partial charge in [-0.1, -0.05) is 20.8 Å². The van der Waals surface area contributed by atoms with Crippen LogP contribution >= 0.6 is 0 Å². The minimum absolute atomic E-state index is 0.0127. The van der Waals surface area contributed by atoms with Crippen molar-refractivity contribution in [3.05, 3.63) is 18.2 Å². The third-order valence-electron chi connectivity index (χ3n) is 3.34. The lowest BCUT2D eigenvalue weighted by molar-refractivity contribution is -0.126. The van der Waals surface area contributed by atoms with E-state index >= 15 is 0 Å². The largest absolute Gasteiger partial charge is 0.508 e. The van der Waals surface area contributed by atoms with Crippen LogP contribution in [-0.2, 0) is 4.79 Å². The zero-order valence-corrected chi connectivity index (χ0v) is 11.7. The van der Waals surface area contributed by atoms with E-state index in [1.54, 1.807) is 23.1 Å². The predicted octanol–water partition coefficient (Wildman–Crippen LogP) is 2.94. The summed E-state index contributed by atoms with van der Waals surface area (Å²) >= 11 is 0. The first-order chi connectivity index (χ1) is 9.02. The predicted molar refractivity (Wildman–Crippen MR) is 74.6 cm³/mol. The number of amides is 1. The lowest BCUT2D eigenvalue weighted by atomic mass is 10.1. The first-order valence-electron chi connectivity index (χ1n) is 6.84. The smallest absolute Gasteiger partial charge is 0.268 e. The molecule has 1 amide bonds. The highest BCUT2D eigenvalue weighted by molar-refractivity contribution is 6.00. The van der Waals surface area contributed by atoms with Gasteiger partial charge in [-0.15, -0.1) is 0 Å². The SMILES string of the molecule is CCC1Oc2ccc(O)cc2N(CCC(C)C)C1=O. The molecule has 104 valence electrons. The van der Waals surface area contributed by atoms with Gasteiger partial charge >= 0.3 is 0 Å². The minimum Gasteiger partial charge on any atom is -0.508 e. The second-order valence-electron chi connectivity index (χ2n) is 5.34. The first-order valence-corrected chi connectivity index (χ1v) is 6.84. The number of fused-ring (bicyclic) bond motifs is 1. The number of carbonyl (C=O) groups is 1. The van der Waals surface area contributed by atoms with Crippen LogP contribution in [0.4, 0.5) is 5.69 Å². The molecule has 2 rings (SSSR count). The van der Waals surface area contributed by atoms with E-state index in [1.165, 1.54) is 0 Å². The van der Waals surface area contributed by atoms with E-state index in [2.05, 4.69) is 13.8 Å². The number of ether oxygens (including phenoxy) is 1. The Labute approximate surface area is 114 Å². The second-order valence-corrected chi connectivity index (χ2v) is 5.34. The molecular formula is C15H21NO3. The zero-order chi connectivity index (χ0) is 14.0. The van der Waals surface area contributed by atoms with E-state index in [9.17, 15) is 9.90 Å². The Hall–Kier alpha value is -1.71. The lowest BCUT2D eigenvalue weighted by Gasteiger charge is -2.34. The number of hydrogen-bond acceptors (Lipinski definition) is 3. The summed E-state index contributed by atoms with van der Waals surface area (Å²) < 4.78 is 5.68. The fourth-order valence-electron chi connectivity index (χ4n) is 2.19. The molecular weight excluding hydrogens is 242 g/mol. The average Bonchev–Trinajstić information content (AvgIpc) is 2.37. The van der Waals surface area contributed by atoms with Gasteiger partial charge in [0.05, 0.1) is 5.69 Å². The van der Waals surface area contributed by atoms with Gasteiger partial charge in [-0.25, -0.2) is 0 Å². The zero-order valence-electron chi connectivity index (χ0n) is 11.7. The summed E-state index contributed by atoms with van der Waals surface area (Å²) in [4.78, 5) is 14.1. The molecule has 1 aliphatic heterocycles. The van der Waals surface area contributed by atoms with Crippen molar-refractivity contribution in [2.45, 2.75) is 39.7 Å². The van der Waals surface area contributed by atoms with Crippen LogP contribution < -0.4 is 9.64 Å². The maximum absolute atomic E-state index is 12.4. The molecule has 1 atom stereocenters. The molecule has 19 heavy (non-hydrogen) atoms. The third kappa shape index (κ3) is 2.83. The molecule has 4 nitrogen and oxygen atoms in total. The number of nitrogens with zero attached hydrogens (tertiary/aromatic N) is 1. The Bertz CT molecular complexity index is 470. The summed E-state index contributed by atoms with van der Waals surface area (Å²) in [5.41, 5.74) is 0.676.